The lowest BCUT2D eigenvalue weighted by Gasteiger charge is -2.10. The van der Waals surface area contributed by atoms with Crippen molar-refractivity contribution < 1.29 is 9.15 Å². The largest absolute Gasteiger partial charge is 0.461 e. The van der Waals surface area contributed by atoms with Crippen LogP contribution in [0, 0.1) is 5.92 Å². The van der Waals surface area contributed by atoms with E-state index in [0.29, 0.717) is 24.0 Å². The predicted octanol–water partition coefficient (Wildman–Crippen LogP) is 2.84. The Morgan fingerprint density at radius 3 is 2.93 bits per heavy atom. The summed E-state index contributed by atoms with van der Waals surface area (Å²) in [4.78, 5) is 8.99. The Bertz CT molecular complexity index is 642. The molecule has 0 aliphatic carbocycles. The van der Waals surface area contributed by atoms with Crippen LogP contribution in [0.15, 0.2) is 27.8 Å². The number of hydrogen-bond donors (Lipinski definition) is 3. The number of nitrogens with one attached hydrogen (secondary N) is 3. The van der Waals surface area contributed by atoms with Crippen molar-refractivity contribution >= 4 is 29.9 Å². The molecule has 0 saturated heterocycles. The lowest BCUT2D eigenvalue weighted by molar-refractivity contribution is 0.109. The van der Waals surface area contributed by atoms with E-state index in [9.17, 15) is 0 Å². The molecule has 2 heterocycles. The molecular weight excluding hydrogens is 459 g/mol. The zero-order valence-corrected chi connectivity index (χ0v) is 18.7. The minimum absolute atomic E-state index is 0. The minimum atomic E-state index is 0. The molecule has 0 aromatic carbocycles. The number of halogens is 1. The number of guanidine groups is 1. The first-order valence-corrected chi connectivity index (χ1v) is 9.24. The third kappa shape index (κ3) is 9.23. The Kier molecular flexibility index (Phi) is 11.7. The summed E-state index contributed by atoms with van der Waals surface area (Å²) in [7, 11) is 0. The van der Waals surface area contributed by atoms with Gasteiger partial charge in [0.1, 0.15) is 5.82 Å². The number of ether oxygens (including phenoxy) is 1. The van der Waals surface area contributed by atoms with E-state index in [2.05, 4.69) is 51.6 Å². The Balaban J connectivity index is 0.00000364. The van der Waals surface area contributed by atoms with Crippen molar-refractivity contribution in [2.45, 2.75) is 33.6 Å². The number of aromatic amines is 1. The van der Waals surface area contributed by atoms with Gasteiger partial charge in [-0.3, -0.25) is 10.1 Å². The van der Waals surface area contributed by atoms with Crippen LogP contribution in [-0.4, -0.2) is 54.0 Å². The molecule has 3 N–H and O–H groups in total. The summed E-state index contributed by atoms with van der Waals surface area (Å²) in [6.07, 6.45) is 3.24. The van der Waals surface area contributed by atoms with Gasteiger partial charge in [-0.15, -0.1) is 24.0 Å². The van der Waals surface area contributed by atoms with Gasteiger partial charge >= 0.3 is 0 Å². The van der Waals surface area contributed by atoms with Crippen molar-refractivity contribution in [3.05, 3.63) is 24.2 Å². The molecule has 2 rings (SSSR count). The molecule has 0 amide bonds. The van der Waals surface area contributed by atoms with Crippen molar-refractivity contribution in [3.63, 3.8) is 0 Å². The number of H-pyrrole nitrogens is 1. The van der Waals surface area contributed by atoms with Gasteiger partial charge in [0.15, 0.2) is 11.7 Å². The Morgan fingerprint density at radius 2 is 2.22 bits per heavy atom. The lowest BCUT2D eigenvalue weighted by Crippen LogP contribution is -2.38. The van der Waals surface area contributed by atoms with Gasteiger partial charge in [0.25, 0.3) is 0 Å². The van der Waals surface area contributed by atoms with Crippen LogP contribution in [0.25, 0.3) is 11.6 Å². The molecule has 0 fully saturated rings. The van der Waals surface area contributed by atoms with Crippen LogP contribution >= 0.6 is 24.0 Å². The maximum Gasteiger partial charge on any atom is 0.216 e. The summed E-state index contributed by atoms with van der Waals surface area (Å²) in [5.74, 6) is 3.42. The Morgan fingerprint density at radius 1 is 1.37 bits per heavy atom. The number of rotatable bonds is 11. The average molecular weight is 490 g/mol. The van der Waals surface area contributed by atoms with E-state index < -0.39 is 0 Å². The molecule has 0 bridgehead atoms. The molecule has 27 heavy (non-hydrogen) atoms. The number of aromatic nitrogens is 3. The first kappa shape index (κ1) is 23.4. The maximum atomic E-state index is 5.57. The van der Waals surface area contributed by atoms with Crippen LogP contribution in [0.1, 0.15) is 33.0 Å². The molecule has 0 saturated carbocycles. The number of hydrogen-bond acceptors (Lipinski definition) is 5. The van der Waals surface area contributed by atoms with Gasteiger partial charge in [0.2, 0.25) is 5.82 Å². The van der Waals surface area contributed by atoms with Gasteiger partial charge in [-0.05, 0) is 31.4 Å². The van der Waals surface area contributed by atoms with E-state index in [1.165, 1.54) is 0 Å². The van der Waals surface area contributed by atoms with Crippen LogP contribution in [0.4, 0.5) is 0 Å². The molecule has 9 heteroatoms. The number of nitrogens with zero attached hydrogens (tertiary/aromatic N) is 3. The molecule has 152 valence electrons. The molecule has 0 radical (unpaired) electrons. The SMILES string of the molecule is CCNC(=NCCCOCC(C)C)NCCc1nc(-c2ccco2)n[nH]1.I. The highest BCUT2D eigenvalue weighted by Gasteiger charge is 2.08. The fraction of sp³-hybridized carbons (Fsp3) is 0.611. The Hall–Kier alpha value is -1.62. The molecule has 0 aliphatic heterocycles. The quantitative estimate of drug-likeness (QED) is 0.194. The summed E-state index contributed by atoms with van der Waals surface area (Å²) in [5, 5.41) is 13.7. The van der Waals surface area contributed by atoms with Crippen LogP contribution in [0.3, 0.4) is 0 Å². The zero-order chi connectivity index (χ0) is 18.6. The van der Waals surface area contributed by atoms with E-state index in [-0.39, 0.29) is 24.0 Å². The average Bonchev–Trinajstić information content (AvgIpc) is 3.28. The van der Waals surface area contributed by atoms with Crippen LogP contribution < -0.4 is 10.6 Å². The minimum Gasteiger partial charge on any atom is -0.461 e. The fourth-order valence-corrected chi connectivity index (χ4v) is 2.24. The fourth-order valence-electron chi connectivity index (χ4n) is 2.24. The summed E-state index contributed by atoms with van der Waals surface area (Å²) >= 11 is 0. The second-order valence-electron chi connectivity index (χ2n) is 6.34. The molecule has 0 unspecified atom stereocenters. The first-order valence-electron chi connectivity index (χ1n) is 9.24. The van der Waals surface area contributed by atoms with Gasteiger partial charge in [-0.2, -0.15) is 5.10 Å². The third-order valence-corrected chi connectivity index (χ3v) is 3.44. The summed E-state index contributed by atoms with van der Waals surface area (Å²) in [6.45, 7) is 10.2. The van der Waals surface area contributed by atoms with E-state index in [1.807, 2.05) is 12.1 Å². The number of aliphatic imine (C=N–C) groups is 1. The summed E-state index contributed by atoms with van der Waals surface area (Å²) in [6, 6.07) is 3.66. The second kappa shape index (κ2) is 13.5. The summed E-state index contributed by atoms with van der Waals surface area (Å²) < 4.78 is 10.9. The van der Waals surface area contributed by atoms with Gasteiger partial charge in [0.05, 0.1) is 6.26 Å². The molecule has 0 atom stereocenters. The van der Waals surface area contributed by atoms with Crippen molar-refractivity contribution in [3.8, 4) is 11.6 Å². The highest BCUT2D eigenvalue weighted by atomic mass is 127. The van der Waals surface area contributed by atoms with Crippen LogP contribution in [0.2, 0.25) is 0 Å². The molecular formula is C18H31IN6O2. The van der Waals surface area contributed by atoms with Crippen molar-refractivity contribution in [2.24, 2.45) is 10.9 Å². The standard InChI is InChI=1S/C18H30N6O2.HI/c1-4-19-18(20-9-6-11-25-13-14(2)3)21-10-8-16-22-17(24-23-16)15-7-5-12-26-15;/h5,7,12,14H,4,6,8-11,13H2,1-3H3,(H2,19,20,21)(H,22,23,24);1H. The monoisotopic (exact) mass is 490 g/mol. The molecule has 2 aromatic rings. The van der Waals surface area contributed by atoms with Crippen LogP contribution in [0.5, 0.6) is 0 Å². The van der Waals surface area contributed by atoms with Gasteiger partial charge in [-0.1, -0.05) is 13.8 Å². The van der Waals surface area contributed by atoms with Crippen molar-refractivity contribution in [2.75, 3.05) is 32.8 Å². The van der Waals surface area contributed by atoms with E-state index >= 15 is 0 Å². The van der Waals surface area contributed by atoms with Gasteiger partial charge in [-0.25, -0.2) is 4.98 Å². The topological polar surface area (TPSA) is 100 Å². The van der Waals surface area contributed by atoms with E-state index in [1.54, 1.807) is 6.26 Å². The van der Waals surface area contributed by atoms with Gasteiger partial charge < -0.3 is 19.8 Å². The molecule has 2 aromatic heterocycles. The summed E-state index contributed by atoms with van der Waals surface area (Å²) in [5.41, 5.74) is 0. The maximum absolute atomic E-state index is 5.57. The van der Waals surface area contributed by atoms with Crippen LogP contribution in [-0.2, 0) is 11.2 Å². The zero-order valence-electron chi connectivity index (χ0n) is 16.3. The highest BCUT2D eigenvalue weighted by Crippen LogP contribution is 2.14. The lowest BCUT2D eigenvalue weighted by atomic mass is 10.2. The second-order valence-corrected chi connectivity index (χ2v) is 6.34. The van der Waals surface area contributed by atoms with E-state index in [0.717, 1.165) is 50.9 Å². The highest BCUT2D eigenvalue weighted by molar-refractivity contribution is 14.0. The van der Waals surface area contributed by atoms with Crippen molar-refractivity contribution in [1.29, 1.82) is 0 Å². The normalized spacial score (nSPS) is 11.5. The van der Waals surface area contributed by atoms with Gasteiger partial charge in [0, 0.05) is 39.3 Å². The van der Waals surface area contributed by atoms with E-state index in [4.69, 9.17) is 9.15 Å². The molecule has 0 spiro atoms. The molecule has 0 aliphatic rings. The molecule has 8 nitrogen and oxygen atoms in total. The predicted molar refractivity (Wildman–Crippen MR) is 117 cm³/mol. The Labute approximate surface area is 178 Å². The number of furan rings is 1. The van der Waals surface area contributed by atoms with Crippen molar-refractivity contribution in [1.82, 2.24) is 25.8 Å². The first-order chi connectivity index (χ1) is 12.7. The third-order valence-electron chi connectivity index (χ3n) is 3.44. The smallest absolute Gasteiger partial charge is 0.216 e.